The van der Waals surface area contributed by atoms with Crippen molar-refractivity contribution in [3.8, 4) is 0 Å². The first-order chi connectivity index (χ1) is 27.0. The molecular formula is C45H57N3O9. The van der Waals surface area contributed by atoms with Gasteiger partial charge in [-0.25, -0.2) is 14.4 Å². The Hall–Kier alpha value is -5.52. The van der Waals surface area contributed by atoms with E-state index in [9.17, 15) is 28.8 Å². The Labute approximate surface area is 336 Å². The highest BCUT2D eigenvalue weighted by Crippen LogP contribution is 2.24. The van der Waals surface area contributed by atoms with Gasteiger partial charge in [-0.1, -0.05) is 133 Å². The lowest BCUT2D eigenvalue weighted by atomic mass is 9.99. The molecule has 3 aromatic rings. The summed E-state index contributed by atoms with van der Waals surface area (Å²) in [6.45, 7) is 10.3. The molecule has 0 saturated carbocycles. The van der Waals surface area contributed by atoms with Gasteiger partial charge in [-0.3, -0.25) is 14.4 Å². The second kappa shape index (κ2) is 20.1. The summed E-state index contributed by atoms with van der Waals surface area (Å²) in [6, 6.07) is 23.4. The maximum absolute atomic E-state index is 14.4. The zero-order valence-electron chi connectivity index (χ0n) is 34.5. The van der Waals surface area contributed by atoms with Gasteiger partial charge in [0.2, 0.25) is 0 Å². The predicted octanol–water partition coefficient (Wildman–Crippen LogP) is 4.91. The number of ether oxygens (including phenoxy) is 3. The zero-order valence-corrected chi connectivity index (χ0v) is 34.5. The van der Waals surface area contributed by atoms with Gasteiger partial charge in [0.25, 0.3) is 17.7 Å². The molecule has 1 heterocycles. The van der Waals surface area contributed by atoms with Gasteiger partial charge in [0.1, 0.15) is 18.1 Å². The molecule has 0 radical (unpaired) electrons. The van der Waals surface area contributed by atoms with Crippen molar-refractivity contribution in [1.29, 1.82) is 0 Å². The van der Waals surface area contributed by atoms with Crippen LogP contribution in [0, 0.1) is 17.8 Å². The quantitative estimate of drug-likeness (QED) is 0.219. The van der Waals surface area contributed by atoms with Crippen LogP contribution in [0.25, 0.3) is 0 Å². The summed E-state index contributed by atoms with van der Waals surface area (Å²) in [6.07, 6.45) is -3.99. The van der Waals surface area contributed by atoms with E-state index in [-0.39, 0.29) is 19.3 Å². The number of cyclic esters (lactones) is 3. The number of esters is 3. The summed E-state index contributed by atoms with van der Waals surface area (Å²) < 4.78 is 18.1. The number of hydrogen-bond donors (Lipinski definition) is 0. The number of likely N-dealkylation sites (N-methyl/N-ethyl adjacent to an activating group) is 3. The van der Waals surface area contributed by atoms with Crippen molar-refractivity contribution in [2.45, 2.75) is 97.2 Å². The molecule has 0 spiro atoms. The van der Waals surface area contributed by atoms with Gasteiger partial charge >= 0.3 is 17.9 Å². The summed E-state index contributed by atoms with van der Waals surface area (Å²) >= 11 is 0. The molecule has 12 heteroatoms. The number of carbonyl (C=O) groups excluding carboxylic acids is 6. The van der Waals surface area contributed by atoms with Crippen LogP contribution in [-0.4, -0.2) is 108 Å². The number of rotatable bonds is 9. The number of hydrogen-bond acceptors (Lipinski definition) is 9. The summed E-state index contributed by atoms with van der Waals surface area (Å²) in [4.78, 5) is 89.9. The van der Waals surface area contributed by atoms with E-state index in [1.54, 1.807) is 114 Å². The monoisotopic (exact) mass is 783 g/mol. The fourth-order valence-corrected chi connectivity index (χ4v) is 6.74. The lowest BCUT2D eigenvalue weighted by molar-refractivity contribution is -0.179. The summed E-state index contributed by atoms with van der Waals surface area (Å²) in [5, 5.41) is 0. The number of carbonyl (C=O) groups is 6. The highest BCUT2D eigenvalue weighted by atomic mass is 16.6. The predicted molar refractivity (Wildman–Crippen MR) is 214 cm³/mol. The largest absolute Gasteiger partial charge is 0.450 e. The minimum absolute atomic E-state index is 0.0307. The Balaban J connectivity index is 1.88. The van der Waals surface area contributed by atoms with Crippen LogP contribution in [0.2, 0.25) is 0 Å². The van der Waals surface area contributed by atoms with E-state index in [2.05, 4.69) is 0 Å². The van der Waals surface area contributed by atoms with Gasteiger partial charge in [0.15, 0.2) is 18.3 Å². The molecule has 0 aliphatic carbocycles. The average molecular weight is 784 g/mol. The highest BCUT2D eigenvalue weighted by molar-refractivity contribution is 5.94. The molecule has 306 valence electrons. The highest BCUT2D eigenvalue weighted by Gasteiger charge is 2.44. The minimum atomic E-state index is -1.36. The van der Waals surface area contributed by atoms with Gasteiger partial charge in [0, 0.05) is 40.4 Å². The maximum Gasteiger partial charge on any atom is 0.329 e. The normalized spacial score (nSPS) is 23.7. The number of benzene rings is 3. The first-order valence-electron chi connectivity index (χ1n) is 19.5. The fraction of sp³-hybridized carbons (Fsp3) is 0.467. The van der Waals surface area contributed by atoms with Crippen LogP contribution >= 0.6 is 0 Å². The molecule has 6 atom stereocenters. The van der Waals surface area contributed by atoms with Gasteiger partial charge < -0.3 is 28.9 Å². The molecule has 1 aliphatic rings. The first kappa shape index (κ1) is 44.2. The SMILES string of the molecule is CC(C)[C@@H]1OC(=O)[C@H](Cc2ccccc2)N(C)C(=O)[C@@H](C(C)C)OC(=O)[C@H](Cc2ccccc2)N(C)C(=O)[C@@H](C(C)C)OC(=O)[C@H](Cc2ccccc2)N(C)C1=O. The Morgan fingerprint density at radius 3 is 0.807 bits per heavy atom. The van der Waals surface area contributed by atoms with Crippen molar-refractivity contribution in [2.75, 3.05) is 21.1 Å². The van der Waals surface area contributed by atoms with Crippen molar-refractivity contribution >= 4 is 35.6 Å². The molecular weight excluding hydrogens is 727 g/mol. The van der Waals surface area contributed by atoms with Crippen molar-refractivity contribution in [1.82, 2.24) is 14.7 Å². The fourth-order valence-electron chi connectivity index (χ4n) is 6.74. The van der Waals surface area contributed by atoms with Gasteiger partial charge in [-0.2, -0.15) is 0 Å². The van der Waals surface area contributed by atoms with Crippen LogP contribution in [0.4, 0.5) is 0 Å². The van der Waals surface area contributed by atoms with Crippen molar-refractivity contribution < 1.29 is 43.0 Å². The standard InChI is InChI=1S/C45H57N3O9/c1-28(2)37-40(49)46(7)35(26-32-21-15-11-16-22-32)44(53)56-39(30(5)6)42(51)48(9)36(27-33-23-17-12-18-24-33)45(54)57-38(29(3)4)41(50)47(8)34(43(52)55-37)25-31-19-13-10-14-20-31/h10-24,28-30,34-39H,25-27H2,1-9H3/t34-,35-,36-,37-,38+,39+/m0/s1. The second-order valence-corrected chi connectivity index (χ2v) is 15.8. The summed E-state index contributed by atoms with van der Waals surface area (Å²) in [5.41, 5.74) is 2.16. The van der Waals surface area contributed by atoms with Gasteiger partial charge in [-0.15, -0.1) is 0 Å². The Morgan fingerprint density at radius 1 is 0.404 bits per heavy atom. The van der Waals surface area contributed by atoms with E-state index in [1.165, 1.54) is 35.8 Å². The lowest BCUT2D eigenvalue weighted by Gasteiger charge is -2.37. The van der Waals surface area contributed by atoms with Crippen LogP contribution < -0.4 is 0 Å². The van der Waals surface area contributed by atoms with Crippen LogP contribution in [0.15, 0.2) is 91.0 Å². The van der Waals surface area contributed by atoms with Crippen LogP contribution in [0.5, 0.6) is 0 Å². The molecule has 3 amide bonds. The van der Waals surface area contributed by atoms with Gasteiger partial charge in [0.05, 0.1) is 0 Å². The molecule has 1 fully saturated rings. The topological polar surface area (TPSA) is 140 Å². The minimum Gasteiger partial charge on any atom is -0.450 e. The Morgan fingerprint density at radius 2 is 0.614 bits per heavy atom. The lowest BCUT2D eigenvalue weighted by Crippen LogP contribution is -2.56. The molecule has 0 bridgehead atoms. The van der Waals surface area contributed by atoms with Gasteiger partial charge in [-0.05, 0) is 34.4 Å². The molecule has 0 N–H and O–H groups in total. The maximum atomic E-state index is 14.4. The van der Waals surface area contributed by atoms with Crippen molar-refractivity contribution in [3.05, 3.63) is 108 Å². The number of amides is 3. The Kier molecular flexibility index (Phi) is 15.6. The van der Waals surface area contributed by atoms with Crippen molar-refractivity contribution in [3.63, 3.8) is 0 Å². The van der Waals surface area contributed by atoms with Crippen LogP contribution in [-0.2, 0) is 62.2 Å². The number of nitrogens with zero attached hydrogens (tertiary/aromatic N) is 3. The molecule has 1 saturated heterocycles. The Bertz CT molecular complexity index is 1620. The van der Waals surface area contributed by atoms with E-state index in [0.717, 1.165) is 16.7 Å². The summed E-state index contributed by atoms with van der Waals surface area (Å²) in [7, 11) is 4.31. The summed E-state index contributed by atoms with van der Waals surface area (Å²) in [5.74, 6) is -6.18. The van der Waals surface area contributed by atoms with E-state index in [4.69, 9.17) is 14.2 Å². The van der Waals surface area contributed by atoms with Crippen LogP contribution in [0.3, 0.4) is 0 Å². The van der Waals surface area contributed by atoms with Crippen LogP contribution in [0.1, 0.15) is 58.2 Å². The smallest absolute Gasteiger partial charge is 0.329 e. The van der Waals surface area contributed by atoms with E-state index >= 15 is 0 Å². The third-order valence-corrected chi connectivity index (χ3v) is 10.4. The first-order valence-corrected chi connectivity index (χ1v) is 19.5. The molecule has 3 aromatic carbocycles. The second-order valence-electron chi connectivity index (χ2n) is 15.8. The molecule has 0 aromatic heterocycles. The molecule has 12 nitrogen and oxygen atoms in total. The average Bonchev–Trinajstić information content (AvgIpc) is 3.19. The molecule has 4 rings (SSSR count). The third-order valence-electron chi connectivity index (χ3n) is 10.4. The van der Waals surface area contributed by atoms with E-state index < -0.39 is 89.8 Å². The zero-order chi connectivity index (χ0) is 42.0. The molecule has 1 aliphatic heterocycles. The molecule has 0 unspecified atom stereocenters. The van der Waals surface area contributed by atoms with Crippen molar-refractivity contribution in [2.24, 2.45) is 17.8 Å². The van der Waals surface area contributed by atoms with E-state index in [1.807, 2.05) is 18.2 Å². The molecule has 57 heavy (non-hydrogen) atoms. The van der Waals surface area contributed by atoms with E-state index in [0.29, 0.717) is 0 Å². The third kappa shape index (κ3) is 11.3.